The summed E-state index contributed by atoms with van der Waals surface area (Å²) < 4.78 is 64.8. The Bertz CT molecular complexity index is 1840. The van der Waals surface area contributed by atoms with Crippen LogP contribution < -0.4 is 16.1 Å². The van der Waals surface area contributed by atoms with Gasteiger partial charge in [-0.15, -0.1) is 0 Å². The highest BCUT2D eigenvalue weighted by molar-refractivity contribution is 5.97. The lowest BCUT2D eigenvalue weighted by Crippen LogP contribution is -2.58. The highest BCUT2D eigenvalue weighted by Crippen LogP contribution is 2.48. The van der Waals surface area contributed by atoms with Crippen molar-refractivity contribution in [2.24, 2.45) is 5.92 Å². The van der Waals surface area contributed by atoms with Crippen LogP contribution in [0.1, 0.15) is 101 Å². The van der Waals surface area contributed by atoms with Gasteiger partial charge in [-0.1, -0.05) is 56.4 Å². The first-order valence-corrected chi connectivity index (χ1v) is 19.4. The minimum atomic E-state index is -4.51. The molecule has 0 spiro atoms. The highest BCUT2D eigenvalue weighted by atomic mass is 19.4. The van der Waals surface area contributed by atoms with Crippen molar-refractivity contribution in [1.82, 2.24) is 25.9 Å². The van der Waals surface area contributed by atoms with Gasteiger partial charge in [0, 0.05) is 18.5 Å². The number of rotatable bonds is 6. The Hall–Kier alpha value is -4.93. The van der Waals surface area contributed by atoms with Crippen LogP contribution in [0.15, 0.2) is 42.5 Å². The van der Waals surface area contributed by atoms with Gasteiger partial charge in [0.05, 0.1) is 25.3 Å². The van der Waals surface area contributed by atoms with Gasteiger partial charge in [-0.2, -0.15) is 13.2 Å². The van der Waals surface area contributed by atoms with Crippen LogP contribution in [0.25, 0.3) is 0 Å². The molecule has 3 N–H and O–H groups in total. The van der Waals surface area contributed by atoms with Gasteiger partial charge in [-0.3, -0.25) is 24.1 Å². The number of hydroxylamine groups is 1. The predicted octanol–water partition coefficient (Wildman–Crippen LogP) is 6.03. The van der Waals surface area contributed by atoms with Crippen molar-refractivity contribution in [3.8, 4) is 0 Å². The molecule has 3 fully saturated rings. The van der Waals surface area contributed by atoms with Crippen molar-refractivity contribution in [3.05, 3.63) is 70.5 Å². The normalized spacial score (nSPS) is 25.5. The Morgan fingerprint density at radius 3 is 2.33 bits per heavy atom. The number of benzene rings is 2. The van der Waals surface area contributed by atoms with Crippen molar-refractivity contribution in [1.29, 1.82) is 0 Å². The molecular formula is C40H49F4N5O8. The number of alkyl halides is 3. The number of hydrogen-bond donors (Lipinski definition) is 3. The molecule has 13 nitrogen and oxygen atoms in total. The first-order chi connectivity index (χ1) is 26.9. The number of nitrogens with one attached hydrogen (secondary N) is 3. The fourth-order valence-electron chi connectivity index (χ4n) is 7.81. The van der Waals surface area contributed by atoms with Crippen LogP contribution in [-0.4, -0.2) is 75.6 Å². The lowest BCUT2D eigenvalue weighted by atomic mass is 10.0. The van der Waals surface area contributed by atoms with Crippen LogP contribution >= 0.6 is 0 Å². The minimum absolute atomic E-state index is 0.0119. The largest absolute Gasteiger partial charge is 0.444 e. The summed E-state index contributed by atoms with van der Waals surface area (Å²) in [5.41, 5.74) is 0.683. The molecule has 1 unspecified atom stereocenters. The zero-order chi connectivity index (χ0) is 41.1. The second-order valence-electron chi connectivity index (χ2n) is 16.3. The average Bonchev–Trinajstić information content (AvgIpc) is 3.42. The SMILES string of the molecule is CC(C)(C)OC(=O)N[C@H]1CCCCCCC[C@@H]2CC2(C(=O)NOCc2ccc(C(F)(F)F)cc2)NC(=O)[C@@H]2C[C@@H](OC(=O)N3Cc4cccc(F)c4C3)CN2C1=O. The van der Waals surface area contributed by atoms with Gasteiger partial charge in [-0.25, -0.2) is 19.5 Å². The summed E-state index contributed by atoms with van der Waals surface area (Å²) in [6.07, 6.45) is -2.22. The number of carbonyl (C=O) groups is 5. The monoisotopic (exact) mass is 803 g/mol. The number of nitrogens with zero attached hydrogens (tertiary/aromatic N) is 2. The van der Waals surface area contributed by atoms with Crippen molar-refractivity contribution in [3.63, 3.8) is 0 Å². The van der Waals surface area contributed by atoms with Gasteiger partial charge < -0.3 is 25.0 Å². The first-order valence-electron chi connectivity index (χ1n) is 19.4. The molecule has 5 amide bonds. The van der Waals surface area contributed by atoms with E-state index >= 15 is 0 Å². The fraction of sp³-hybridized carbons (Fsp3) is 0.575. The number of carbonyl (C=O) groups excluding carboxylic acids is 5. The molecule has 2 aromatic carbocycles. The number of halogens is 4. The lowest BCUT2D eigenvalue weighted by molar-refractivity contribution is -0.144. The number of ether oxygens (including phenoxy) is 2. The molecule has 3 aliphatic heterocycles. The van der Waals surface area contributed by atoms with E-state index < -0.39 is 76.8 Å². The Labute approximate surface area is 328 Å². The van der Waals surface area contributed by atoms with E-state index in [9.17, 15) is 41.5 Å². The Morgan fingerprint density at radius 1 is 0.947 bits per heavy atom. The average molecular weight is 804 g/mol. The highest BCUT2D eigenvalue weighted by Gasteiger charge is 2.62. The third-order valence-electron chi connectivity index (χ3n) is 10.9. The summed E-state index contributed by atoms with van der Waals surface area (Å²) in [6, 6.07) is 6.59. The summed E-state index contributed by atoms with van der Waals surface area (Å²) in [4.78, 5) is 76.7. The quantitative estimate of drug-likeness (QED) is 0.237. The van der Waals surface area contributed by atoms with Gasteiger partial charge in [0.1, 0.15) is 35.1 Å². The van der Waals surface area contributed by atoms with Gasteiger partial charge in [-0.05, 0) is 75.3 Å². The van der Waals surface area contributed by atoms with Crippen LogP contribution in [0.5, 0.6) is 0 Å². The molecule has 1 saturated carbocycles. The summed E-state index contributed by atoms with van der Waals surface area (Å²) >= 11 is 0. The van der Waals surface area contributed by atoms with Crippen molar-refractivity contribution < 1.29 is 55.8 Å². The summed E-state index contributed by atoms with van der Waals surface area (Å²) in [7, 11) is 0. The Balaban J connectivity index is 1.20. The van der Waals surface area contributed by atoms with Crippen LogP contribution in [0, 0.1) is 11.7 Å². The first kappa shape index (κ1) is 41.7. The molecule has 310 valence electrons. The number of hydrogen-bond acceptors (Lipinski definition) is 8. The predicted molar refractivity (Wildman–Crippen MR) is 195 cm³/mol. The van der Waals surface area contributed by atoms with Crippen molar-refractivity contribution in [2.75, 3.05) is 6.54 Å². The van der Waals surface area contributed by atoms with Crippen molar-refractivity contribution in [2.45, 2.75) is 134 Å². The van der Waals surface area contributed by atoms with Gasteiger partial charge in [0.2, 0.25) is 11.8 Å². The fourth-order valence-corrected chi connectivity index (χ4v) is 7.81. The molecule has 5 atom stereocenters. The molecule has 57 heavy (non-hydrogen) atoms. The Kier molecular flexibility index (Phi) is 12.4. The van der Waals surface area contributed by atoms with Gasteiger partial charge in [0.25, 0.3) is 5.91 Å². The van der Waals surface area contributed by atoms with Gasteiger partial charge in [0.15, 0.2) is 0 Å². The van der Waals surface area contributed by atoms with E-state index in [0.29, 0.717) is 29.5 Å². The molecule has 2 saturated heterocycles. The summed E-state index contributed by atoms with van der Waals surface area (Å²) in [5, 5.41) is 5.56. The van der Waals surface area contributed by atoms with E-state index in [1.54, 1.807) is 32.9 Å². The zero-order valence-electron chi connectivity index (χ0n) is 32.2. The maximum absolute atomic E-state index is 14.5. The standard InChI is InChI=1S/C40H49F4N5O8/c1-38(2,3)57-36(53)45-31-13-8-6-4-5-7-11-27-19-39(27,35(52)47-55-23-24-14-16-26(17-15-24)40(42,43)44)46-33(50)32-18-28(21-49(32)34(31)51)56-37(54)48-20-25-10-9-12-30(41)29(25)22-48/h9-10,12,14-17,27-28,31-32H,4-8,11,13,18-23H2,1-3H3,(H,45,53)(H,46,50)(H,47,52)/t27-,28-,31+,32+,39?/m1/s1. The van der Waals surface area contributed by atoms with E-state index in [4.69, 9.17) is 14.3 Å². The number of amides is 5. The molecule has 0 radical (unpaired) electrons. The molecule has 0 bridgehead atoms. The molecule has 4 aliphatic rings. The Morgan fingerprint density at radius 2 is 1.65 bits per heavy atom. The van der Waals surface area contributed by atoms with Gasteiger partial charge >= 0.3 is 18.4 Å². The minimum Gasteiger partial charge on any atom is -0.444 e. The zero-order valence-corrected chi connectivity index (χ0v) is 32.2. The maximum Gasteiger partial charge on any atom is 0.416 e. The number of alkyl carbamates (subject to hydrolysis) is 1. The second-order valence-corrected chi connectivity index (χ2v) is 16.3. The maximum atomic E-state index is 14.5. The third-order valence-corrected chi connectivity index (χ3v) is 10.9. The molecule has 0 aromatic heterocycles. The molecule has 17 heteroatoms. The molecule has 1 aliphatic carbocycles. The third kappa shape index (κ3) is 10.1. The van der Waals surface area contributed by atoms with E-state index in [2.05, 4.69) is 16.1 Å². The molecular weight excluding hydrogens is 754 g/mol. The number of fused-ring (bicyclic) bond motifs is 3. The van der Waals surface area contributed by atoms with Crippen LogP contribution in [-0.2, 0) is 54.6 Å². The van der Waals surface area contributed by atoms with Crippen LogP contribution in [0.2, 0.25) is 0 Å². The molecule has 2 aromatic rings. The summed E-state index contributed by atoms with van der Waals surface area (Å²) in [6.45, 7) is 4.74. The van der Waals surface area contributed by atoms with E-state index in [1.165, 1.54) is 28.0 Å². The van der Waals surface area contributed by atoms with E-state index in [1.807, 2.05) is 0 Å². The van der Waals surface area contributed by atoms with Crippen LogP contribution in [0.4, 0.5) is 27.2 Å². The van der Waals surface area contributed by atoms with Crippen molar-refractivity contribution >= 4 is 29.9 Å². The summed E-state index contributed by atoms with van der Waals surface area (Å²) in [5.74, 6) is -2.62. The molecule has 3 heterocycles. The van der Waals surface area contributed by atoms with E-state index in [0.717, 1.165) is 37.8 Å². The smallest absolute Gasteiger partial charge is 0.416 e. The second kappa shape index (κ2) is 16.9. The van der Waals surface area contributed by atoms with E-state index in [-0.39, 0.29) is 51.4 Å². The lowest BCUT2D eigenvalue weighted by Gasteiger charge is -2.30. The molecule has 6 rings (SSSR count). The van der Waals surface area contributed by atoms with Crippen LogP contribution in [0.3, 0.4) is 0 Å². The topological polar surface area (TPSA) is 156 Å².